The van der Waals surface area contributed by atoms with Crippen LogP contribution in [0.2, 0.25) is 0 Å². The number of phenols is 1. The summed E-state index contributed by atoms with van der Waals surface area (Å²) in [6, 6.07) is 9.43. The molecule has 9 heteroatoms. The van der Waals surface area contributed by atoms with Crippen LogP contribution in [0.5, 0.6) is 11.5 Å². The highest BCUT2D eigenvalue weighted by Gasteiger charge is 2.40. The fourth-order valence-electron chi connectivity index (χ4n) is 4.25. The summed E-state index contributed by atoms with van der Waals surface area (Å²) in [6.07, 6.45) is 0.478. The van der Waals surface area contributed by atoms with Gasteiger partial charge >= 0.3 is 6.09 Å². The van der Waals surface area contributed by atoms with E-state index in [4.69, 9.17) is 9.47 Å². The SMILES string of the molecule is CCC(C)C(NC(=O)OC(C)(C)C)C(=O)N(C(C)CC)C(C(=O)Nc1ccc(OC)cc1)c1ccc(O)c(C)c1. The highest BCUT2D eigenvalue weighted by molar-refractivity contribution is 5.99. The molecule has 0 aliphatic rings. The predicted molar refractivity (Wildman–Crippen MR) is 156 cm³/mol. The van der Waals surface area contributed by atoms with E-state index >= 15 is 0 Å². The Labute approximate surface area is 238 Å². The van der Waals surface area contributed by atoms with Crippen molar-refractivity contribution in [3.63, 3.8) is 0 Å². The standard InChI is InChI=1S/C31H45N3O6/c1-10-19(3)26(33-30(38)40-31(6,7)8)29(37)34(21(5)11-2)27(22-12-17-25(35)20(4)18-22)28(36)32-23-13-15-24(39-9)16-14-23/h12-19,21,26-27,35H,10-11H2,1-9H3,(H,32,36)(H,33,38). The van der Waals surface area contributed by atoms with Crippen LogP contribution >= 0.6 is 0 Å². The van der Waals surface area contributed by atoms with E-state index < -0.39 is 35.6 Å². The number of alkyl carbamates (subject to hydrolysis) is 1. The number of ether oxygens (including phenoxy) is 2. The lowest BCUT2D eigenvalue weighted by molar-refractivity contribution is -0.144. The molecule has 0 aliphatic carbocycles. The number of anilines is 1. The molecular formula is C31H45N3O6. The molecule has 9 nitrogen and oxygen atoms in total. The summed E-state index contributed by atoms with van der Waals surface area (Å²) in [5.41, 5.74) is 0.901. The summed E-state index contributed by atoms with van der Waals surface area (Å²) in [7, 11) is 1.56. The van der Waals surface area contributed by atoms with Crippen molar-refractivity contribution in [2.24, 2.45) is 5.92 Å². The van der Waals surface area contributed by atoms with E-state index in [9.17, 15) is 19.5 Å². The Morgan fingerprint density at radius 2 is 1.62 bits per heavy atom. The van der Waals surface area contributed by atoms with Crippen LogP contribution in [-0.2, 0) is 14.3 Å². The molecule has 3 N–H and O–H groups in total. The Morgan fingerprint density at radius 3 is 2.12 bits per heavy atom. The van der Waals surface area contributed by atoms with Crippen LogP contribution in [0.15, 0.2) is 42.5 Å². The van der Waals surface area contributed by atoms with Crippen molar-refractivity contribution in [2.75, 3.05) is 12.4 Å². The van der Waals surface area contributed by atoms with Crippen LogP contribution in [0.3, 0.4) is 0 Å². The first-order valence-corrected chi connectivity index (χ1v) is 13.8. The predicted octanol–water partition coefficient (Wildman–Crippen LogP) is 5.96. The number of carbonyl (C=O) groups excluding carboxylic acids is 3. The Morgan fingerprint density at radius 1 is 1.00 bits per heavy atom. The molecule has 0 heterocycles. The number of nitrogens with zero attached hydrogens (tertiary/aromatic N) is 1. The number of nitrogens with one attached hydrogen (secondary N) is 2. The number of benzene rings is 2. The third-order valence-corrected chi connectivity index (χ3v) is 6.89. The van der Waals surface area contributed by atoms with E-state index in [1.54, 1.807) is 76.1 Å². The van der Waals surface area contributed by atoms with Crippen LogP contribution in [0.4, 0.5) is 10.5 Å². The number of phenolic OH excluding ortho intramolecular Hbond substituents is 1. The topological polar surface area (TPSA) is 117 Å². The largest absolute Gasteiger partial charge is 0.508 e. The summed E-state index contributed by atoms with van der Waals surface area (Å²) < 4.78 is 10.7. The van der Waals surface area contributed by atoms with Gasteiger partial charge in [-0.05, 0) is 94.5 Å². The van der Waals surface area contributed by atoms with Crippen LogP contribution < -0.4 is 15.4 Å². The minimum Gasteiger partial charge on any atom is -0.508 e. The van der Waals surface area contributed by atoms with Crippen molar-refractivity contribution in [1.29, 1.82) is 0 Å². The molecule has 2 rings (SSSR count). The lowest BCUT2D eigenvalue weighted by Gasteiger charge is -2.39. The first-order valence-electron chi connectivity index (χ1n) is 13.8. The van der Waals surface area contributed by atoms with Crippen molar-refractivity contribution in [3.05, 3.63) is 53.6 Å². The third kappa shape index (κ3) is 8.63. The highest BCUT2D eigenvalue weighted by atomic mass is 16.6. The van der Waals surface area contributed by atoms with E-state index in [1.807, 2.05) is 27.7 Å². The molecule has 0 saturated heterocycles. The van der Waals surface area contributed by atoms with Crippen LogP contribution in [0.25, 0.3) is 0 Å². The summed E-state index contributed by atoms with van der Waals surface area (Å²) in [5.74, 6) is -0.328. The van der Waals surface area contributed by atoms with E-state index in [-0.39, 0.29) is 17.7 Å². The zero-order valence-electron chi connectivity index (χ0n) is 25.2. The molecule has 2 aromatic rings. The van der Waals surface area contributed by atoms with Gasteiger partial charge in [-0.25, -0.2) is 4.79 Å². The zero-order chi connectivity index (χ0) is 30.2. The van der Waals surface area contributed by atoms with Crippen molar-refractivity contribution in [3.8, 4) is 11.5 Å². The van der Waals surface area contributed by atoms with E-state index in [0.717, 1.165) is 0 Å². The number of hydrogen-bond acceptors (Lipinski definition) is 6. The average molecular weight is 556 g/mol. The van der Waals surface area contributed by atoms with Crippen molar-refractivity contribution < 1.29 is 29.0 Å². The Hall–Kier alpha value is -3.75. The number of aromatic hydroxyl groups is 1. The molecule has 0 aromatic heterocycles. The maximum Gasteiger partial charge on any atom is 0.408 e. The molecule has 0 radical (unpaired) electrons. The second-order valence-electron chi connectivity index (χ2n) is 11.2. The molecule has 0 bridgehead atoms. The van der Waals surface area contributed by atoms with Crippen molar-refractivity contribution in [1.82, 2.24) is 10.2 Å². The fourth-order valence-corrected chi connectivity index (χ4v) is 4.25. The van der Waals surface area contributed by atoms with Gasteiger partial charge < -0.3 is 30.1 Å². The second-order valence-corrected chi connectivity index (χ2v) is 11.2. The molecule has 0 aliphatic heterocycles. The summed E-state index contributed by atoms with van der Waals surface area (Å²) in [4.78, 5) is 42.7. The lowest BCUT2D eigenvalue weighted by Crippen LogP contribution is -2.56. The van der Waals surface area contributed by atoms with Gasteiger partial charge in [-0.15, -0.1) is 0 Å². The van der Waals surface area contributed by atoms with Crippen molar-refractivity contribution in [2.45, 2.75) is 92.0 Å². The van der Waals surface area contributed by atoms with Crippen LogP contribution in [0.1, 0.15) is 78.5 Å². The molecule has 4 atom stereocenters. The van der Waals surface area contributed by atoms with Crippen LogP contribution in [0, 0.1) is 12.8 Å². The molecular weight excluding hydrogens is 510 g/mol. The molecule has 4 unspecified atom stereocenters. The maximum absolute atomic E-state index is 14.4. The van der Waals surface area contributed by atoms with E-state index in [1.165, 1.54) is 6.07 Å². The van der Waals surface area contributed by atoms with Gasteiger partial charge in [0.15, 0.2) is 0 Å². The Kier molecular flexibility index (Phi) is 11.4. The molecule has 0 saturated carbocycles. The average Bonchev–Trinajstić information content (AvgIpc) is 2.90. The van der Waals surface area contributed by atoms with Gasteiger partial charge in [0.2, 0.25) is 5.91 Å². The monoisotopic (exact) mass is 555 g/mol. The summed E-state index contributed by atoms with van der Waals surface area (Å²) in [6.45, 7) is 14.6. The van der Waals surface area contributed by atoms with Crippen LogP contribution in [-0.4, -0.2) is 52.7 Å². The summed E-state index contributed by atoms with van der Waals surface area (Å²) in [5, 5.41) is 15.9. The molecule has 3 amide bonds. The molecule has 40 heavy (non-hydrogen) atoms. The Bertz CT molecular complexity index is 1160. The molecule has 2 aromatic carbocycles. The number of methoxy groups -OCH3 is 1. The van der Waals surface area contributed by atoms with Gasteiger partial charge in [0.1, 0.15) is 29.2 Å². The van der Waals surface area contributed by atoms with Gasteiger partial charge in [-0.3, -0.25) is 9.59 Å². The van der Waals surface area contributed by atoms with Gasteiger partial charge in [0, 0.05) is 11.7 Å². The quantitative estimate of drug-likeness (QED) is 0.315. The normalized spacial score (nSPS) is 14.3. The summed E-state index contributed by atoms with van der Waals surface area (Å²) >= 11 is 0. The number of rotatable bonds is 11. The number of amides is 3. The molecule has 0 spiro atoms. The van der Waals surface area contributed by atoms with E-state index in [2.05, 4.69) is 10.6 Å². The van der Waals surface area contributed by atoms with Gasteiger partial charge in [-0.1, -0.05) is 33.3 Å². The smallest absolute Gasteiger partial charge is 0.408 e. The Balaban J connectivity index is 2.60. The van der Waals surface area contributed by atoms with Gasteiger partial charge in [0.25, 0.3) is 5.91 Å². The van der Waals surface area contributed by atoms with Gasteiger partial charge in [-0.2, -0.15) is 0 Å². The fraction of sp³-hybridized carbons (Fsp3) is 0.516. The van der Waals surface area contributed by atoms with Crippen molar-refractivity contribution >= 4 is 23.6 Å². The lowest BCUT2D eigenvalue weighted by atomic mass is 9.93. The van der Waals surface area contributed by atoms with E-state index in [0.29, 0.717) is 35.4 Å². The minimum absolute atomic E-state index is 0.0866. The number of hydrogen-bond donors (Lipinski definition) is 3. The third-order valence-electron chi connectivity index (χ3n) is 6.89. The molecule has 0 fully saturated rings. The first kappa shape index (κ1) is 32.5. The highest BCUT2D eigenvalue weighted by Crippen LogP contribution is 2.31. The second kappa shape index (κ2) is 14.1. The number of carbonyl (C=O) groups is 3. The first-order chi connectivity index (χ1) is 18.7. The number of aryl methyl sites for hydroxylation is 1. The van der Waals surface area contributed by atoms with Gasteiger partial charge in [0.05, 0.1) is 7.11 Å². The minimum atomic E-state index is -1.05. The zero-order valence-corrected chi connectivity index (χ0v) is 25.2. The maximum atomic E-state index is 14.4. The molecule has 220 valence electrons.